The Kier molecular flexibility index (Phi) is 5.71. The molecule has 0 saturated carbocycles. The third kappa shape index (κ3) is 4.47. The van der Waals surface area contributed by atoms with E-state index < -0.39 is 11.7 Å². The molecule has 0 aliphatic carbocycles. The maximum Gasteiger partial charge on any atom is 0.416 e. The number of fused-ring (bicyclic) bond motifs is 1. The maximum atomic E-state index is 13.4. The van der Waals surface area contributed by atoms with Crippen LogP contribution in [0.25, 0.3) is 28.2 Å². The van der Waals surface area contributed by atoms with Crippen LogP contribution in [0.2, 0.25) is 0 Å². The van der Waals surface area contributed by atoms with Crippen LogP contribution in [0, 0.1) is 0 Å². The summed E-state index contributed by atoms with van der Waals surface area (Å²) in [6.07, 6.45) is -0.766. The van der Waals surface area contributed by atoms with E-state index in [-0.39, 0.29) is 12.0 Å². The fourth-order valence-electron chi connectivity index (χ4n) is 3.87. The van der Waals surface area contributed by atoms with Gasteiger partial charge in [0.15, 0.2) is 11.5 Å². The number of aromatic nitrogens is 4. The largest absolute Gasteiger partial charge is 0.416 e. The monoisotopic (exact) mass is 459 g/mol. The third-order valence-corrected chi connectivity index (χ3v) is 5.51. The summed E-state index contributed by atoms with van der Waals surface area (Å²) in [6.45, 7) is 0.294. The molecule has 0 amide bonds. The van der Waals surface area contributed by atoms with Crippen molar-refractivity contribution in [3.8, 4) is 22.5 Å². The molecule has 8 heteroatoms. The standard InChI is InChI=1S/C26H20F3N5/c27-26(28,29)22-9-5-4-6-19(22)12-15-31-23-16-21(18-10-13-30-14-11-18)17-24-32-25(33-34(23)24)20-7-2-1-3-8-20/h1-11,13-14,16-17,31H,12,15H2. The van der Waals surface area contributed by atoms with Gasteiger partial charge >= 0.3 is 6.18 Å². The molecule has 2 aromatic carbocycles. The van der Waals surface area contributed by atoms with Gasteiger partial charge in [-0.2, -0.15) is 17.7 Å². The second-order valence-electron chi connectivity index (χ2n) is 7.77. The highest BCUT2D eigenvalue weighted by molar-refractivity contribution is 5.72. The van der Waals surface area contributed by atoms with Crippen molar-refractivity contribution in [1.82, 2.24) is 19.6 Å². The average molecular weight is 459 g/mol. The Bertz CT molecular complexity index is 1410. The molecule has 3 heterocycles. The summed E-state index contributed by atoms with van der Waals surface area (Å²) in [5, 5.41) is 7.92. The molecule has 0 aliphatic heterocycles. The number of hydrogen-bond acceptors (Lipinski definition) is 4. The van der Waals surface area contributed by atoms with Gasteiger partial charge in [0.05, 0.1) is 5.56 Å². The number of nitrogens with one attached hydrogen (secondary N) is 1. The van der Waals surface area contributed by atoms with Crippen LogP contribution in [-0.2, 0) is 12.6 Å². The molecule has 0 fully saturated rings. The SMILES string of the molecule is FC(F)(F)c1ccccc1CCNc1cc(-c2ccncc2)cc2nc(-c3ccccc3)nn12. The fraction of sp³-hybridized carbons (Fsp3) is 0.115. The van der Waals surface area contributed by atoms with Gasteiger partial charge in [-0.1, -0.05) is 48.5 Å². The Morgan fingerprint density at radius 3 is 2.29 bits per heavy atom. The van der Waals surface area contributed by atoms with Gasteiger partial charge in [0.1, 0.15) is 5.82 Å². The predicted molar refractivity (Wildman–Crippen MR) is 125 cm³/mol. The number of nitrogens with zero attached hydrogens (tertiary/aromatic N) is 4. The first-order chi connectivity index (χ1) is 16.5. The van der Waals surface area contributed by atoms with Crippen molar-refractivity contribution in [3.05, 3.63) is 102 Å². The summed E-state index contributed by atoms with van der Waals surface area (Å²) < 4.78 is 41.8. The first kappa shape index (κ1) is 21.6. The summed E-state index contributed by atoms with van der Waals surface area (Å²) in [5.41, 5.74) is 2.99. The zero-order valence-electron chi connectivity index (χ0n) is 18.0. The van der Waals surface area contributed by atoms with Crippen LogP contribution in [0.1, 0.15) is 11.1 Å². The lowest BCUT2D eigenvalue weighted by atomic mass is 10.0. The normalized spacial score (nSPS) is 11.6. The van der Waals surface area contributed by atoms with Crippen LogP contribution in [0.5, 0.6) is 0 Å². The molecule has 5 rings (SSSR count). The molecule has 0 saturated heterocycles. The zero-order chi connectivity index (χ0) is 23.5. The lowest BCUT2D eigenvalue weighted by molar-refractivity contribution is -0.138. The molecule has 5 aromatic rings. The van der Waals surface area contributed by atoms with Crippen molar-refractivity contribution >= 4 is 11.5 Å². The molecule has 0 atom stereocenters. The van der Waals surface area contributed by atoms with E-state index in [9.17, 15) is 13.2 Å². The van der Waals surface area contributed by atoms with E-state index in [4.69, 9.17) is 0 Å². The molecule has 1 N–H and O–H groups in total. The summed E-state index contributed by atoms with van der Waals surface area (Å²) in [7, 11) is 0. The van der Waals surface area contributed by atoms with Crippen molar-refractivity contribution in [2.24, 2.45) is 0 Å². The number of rotatable bonds is 6. The van der Waals surface area contributed by atoms with Crippen molar-refractivity contribution in [2.45, 2.75) is 12.6 Å². The van der Waals surface area contributed by atoms with Crippen LogP contribution in [-0.4, -0.2) is 26.1 Å². The third-order valence-electron chi connectivity index (χ3n) is 5.51. The second-order valence-corrected chi connectivity index (χ2v) is 7.77. The van der Waals surface area contributed by atoms with Crippen molar-refractivity contribution in [1.29, 1.82) is 0 Å². The van der Waals surface area contributed by atoms with Gasteiger partial charge in [-0.25, -0.2) is 4.98 Å². The van der Waals surface area contributed by atoms with Gasteiger partial charge in [0.25, 0.3) is 0 Å². The van der Waals surface area contributed by atoms with Crippen molar-refractivity contribution < 1.29 is 13.2 Å². The Morgan fingerprint density at radius 2 is 1.53 bits per heavy atom. The molecule has 5 nitrogen and oxygen atoms in total. The van der Waals surface area contributed by atoms with Gasteiger partial charge < -0.3 is 5.32 Å². The van der Waals surface area contributed by atoms with Gasteiger partial charge in [-0.3, -0.25) is 4.98 Å². The highest BCUT2D eigenvalue weighted by atomic mass is 19.4. The van der Waals surface area contributed by atoms with Gasteiger partial charge in [-0.05, 0) is 53.4 Å². The van der Waals surface area contributed by atoms with Crippen LogP contribution < -0.4 is 5.32 Å². The van der Waals surface area contributed by atoms with E-state index in [1.165, 1.54) is 12.1 Å². The highest BCUT2D eigenvalue weighted by Gasteiger charge is 2.32. The van der Waals surface area contributed by atoms with Crippen LogP contribution in [0.3, 0.4) is 0 Å². The summed E-state index contributed by atoms with van der Waals surface area (Å²) in [4.78, 5) is 8.76. The van der Waals surface area contributed by atoms with E-state index in [1.54, 1.807) is 23.0 Å². The van der Waals surface area contributed by atoms with Crippen molar-refractivity contribution in [2.75, 3.05) is 11.9 Å². The number of benzene rings is 2. The topological polar surface area (TPSA) is 55.1 Å². The minimum absolute atomic E-state index is 0.205. The first-order valence-electron chi connectivity index (χ1n) is 10.7. The Hall–Kier alpha value is -4.20. The van der Waals surface area contributed by atoms with E-state index in [0.29, 0.717) is 23.8 Å². The quantitative estimate of drug-likeness (QED) is 0.332. The van der Waals surface area contributed by atoms with E-state index >= 15 is 0 Å². The van der Waals surface area contributed by atoms with E-state index in [0.717, 1.165) is 22.8 Å². The molecular formula is C26H20F3N5. The van der Waals surface area contributed by atoms with Crippen molar-refractivity contribution in [3.63, 3.8) is 0 Å². The summed E-state index contributed by atoms with van der Waals surface area (Å²) in [6, 6.07) is 22.9. The Labute approximate surface area is 193 Å². The molecule has 34 heavy (non-hydrogen) atoms. The lowest BCUT2D eigenvalue weighted by Crippen LogP contribution is -2.14. The Morgan fingerprint density at radius 1 is 0.794 bits per heavy atom. The van der Waals surface area contributed by atoms with Crippen LogP contribution in [0.4, 0.5) is 19.0 Å². The number of pyridine rings is 2. The molecule has 0 radical (unpaired) electrons. The smallest absolute Gasteiger partial charge is 0.370 e. The molecule has 0 unspecified atom stereocenters. The maximum absolute atomic E-state index is 13.4. The fourth-order valence-corrected chi connectivity index (χ4v) is 3.87. The molecule has 0 bridgehead atoms. The number of hydrogen-bond donors (Lipinski definition) is 1. The highest BCUT2D eigenvalue weighted by Crippen LogP contribution is 2.32. The molecule has 0 spiro atoms. The first-order valence-corrected chi connectivity index (χ1v) is 10.7. The lowest BCUT2D eigenvalue weighted by Gasteiger charge is -2.14. The molecular weight excluding hydrogens is 439 g/mol. The van der Waals surface area contributed by atoms with E-state index in [1.807, 2.05) is 54.6 Å². The van der Waals surface area contributed by atoms with Gasteiger partial charge in [-0.15, -0.1) is 5.10 Å². The summed E-state index contributed by atoms with van der Waals surface area (Å²) >= 11 is 0. The number of halogens is 3. The average Bonchev–Trinajstić information content (AvgIpc) is 3.29. The van der Waals surface area contributed by atoms with Crippen LogP contribution >= 0.6 is 0 Å². The molecule has 0 aliphatic rings. The van der Waals surface area contributed by atoms with E-state index in [2.05, 4.69) is 20.4 Å². The van der Waals surface area contributed by atoms with Gasteiger partial charge in [0.2, 0.25) is 0 Å². The Balaban J connectivity index is 1.50. The minimum Gasteiger partial charge on any atom is -0.370 e. The predicted octanol–water partition coefficient (Wildman–Crippen LogP) is 6.13. The van der Waals surface area contributed by atoms with Gasteiger partial charge in [0, 0.05) is 24.5 Å². The molecule has 170 valence electrons. The second kappa shape index (κ2) is 8.97. The minimum atomic E-state index is -4.39. The number of alkyl halides is 3. The zero-order valence-corrected chi connectivity index (χ0v) is 18.0. The number of anilines is 1. The molecule has 3 aromatic heterocycles. The summed E-state index contributed by atoms with van der Waals surface area (Å²) in [5.74, 6) is 1.21. The van der Waals surface area contributed by atoms with Crippen LogP contribution in [0.15, 0.2) is 91.3 Å².